The van der Waals surface area contributed by atoms with Crippen molar-refractivity contribution in [2.45, 2.75) is 15.8 Å². The van der Waals surface area contributed by atoms with E-state index < -0.39 is 27.7 Å². The van der Waals surface area contributed by atoms with E-state index >= 15 is 0 Å². The lowest BCUT2D eigenvalue weighted by molar-refractivity contribution is -0.122. The van der Waals surface area contributed by atoms with E-state index in [-0.39, 0.29) is 0 Å². The van der Waals surface area contributed by atoms with Crippen molar-refractivity contribution in [2.75, 3.05) is 14.2 Å². The Kier molecular flexibility index (Phi) is 8.05. The lowest BCUT2D eigenvalue weighted by Gasteiger charge is -2.23. The Balaban J connectivity index is 3.21. The maximum absolute atomic E-state index is 11.8. The lowest BCUT2D eigenvalue weighted by atomic mass is 10.1. The van der Waals surface area contributed by atoms with Gasteiger partial charge in [-0.05, 0) is 18.2 Å². The van der Waals surface area contributed by atoms with Gasteiger partial charge in [0, 0.05) is 5.56 Å². The predicted molar refractivity (Wildman–Crippen MR) is 89.6 cm³/mol. The van der Waals surface area contributed by atoms with Crippen LogP contribution in [0.1, 0.15) is 11.7 Å². The highest BCUT2D eigenvalue weighted by Crippen LogP contribution is 2.29. The van der Waals surface area contributed by atoms with Gasteiger partial charge in [0.2, 0.25) is 0 Å². The van der Waals surface area contributed by atoms with Crippen molar-refractivity contribution >= 4 is 58.2 Å². The van der Waals surface area contributed by atoms with Gasteiger partial charge in [-0.1, -0.05) is 46.4 Å². The van der Waals surface area contributed by atoms with Gasteiger partial charge in [0.15, 0.2) is 9.67 Å². The number of hydrogen-bond donors (Lipinski definition) is 2. The molecule has 23 heavy (non-hydrogen) atoms. The number of rotatable bonds is 7. The number of carbonyl (C=O) groups excluding carboxylic acids is 2. The predicted octanol–water partition coefficient (Wildman–Crippen LogP) is 2.54. The van der Waals surface area contributed by atoms with Crippen LogP contribution in [-0.4, -0.2) is 35.7 Å². The van der Waals surface area contributed by atoms with Crippen molar-refractivity contribution in [3.63, 3.8) is 0 Å². The molecule has 0 saturated heterocycles. The standard InChI is InChI=1S/C13H14Cl4N2O4/c1-22-6-3-4-8(23-2)7(5-6)11(18-12(20)9(14)15)19-13(21)10(16)17/h3-5,9-11H,1-2H3,(H,18,20)(H,19,21). The molecule has 0 bridgehead atoms. The summed E-state index contributed by atoms with van der Waals surface area (Å²) in [6.07, 6.45) is -1.03. The van der Waals surface area contributed by atoms with Crippen molar-refractivity contribution < 1.29 is 19.1 Å². The number of nitrogens with one attached hydrogen (secondary N) is 2. The van der Waals surface area contributed by atoms with E-state index in [1.165, 1.54) is 14.2 Å². The Hall–Kier alpha value is -1.08. The molecule has 2 amide bonds. The number of benzene rings is 1. The Morgan fingerprint density at radius 1 is 0.957 bits per heavy atom. The van der Waals surface area contributed by atoms with Crippen molar-refractivity contribution in [3.8, 4) is 11.5 Å². The summed E-state index contributed by atoms with van der Waals surface area (Å²) >= 11 is 22.1. The average Bonchev–Trinajstić information content (AvgIpc) is 2.52. The molecular formula is C13H14Cl4N2O4. The maximum Gasteiger partial charge on any atom is 0.255 e. The molecule has 2 N–H and O–H groups in total. The minimum atomic E-state index is -1.33. The molecule has 0 unspecified atom stereocenters. The zero-order chi connectivity index (χ0) is 17.6. The smallest absolute Gasteiger partial charge is 0.255 e. The highest BCUT2D eigenvalue weighted by Gasteiger charge is 2.25. The summed E-state index contributed by atoms with van der Waals surface area (Å²) in [5.41, 5.74) is 0.400. The van der Waals surface area contributed by atoms with Gasteiger partial charge in [0.1, 0.15) is 17.7 Å². The molecule has 0 aliphatic carbocycles. The number of ether oxygens (including phenoxy) is 2. The molecule has 128 valence electrons. The Morgan fingerprint density at radius 2 is 1.48 bits per heavy atom. The highest BCUT2D eigenvalue weighted by molar-refractivity contribution is 6.54. The van der Waals surface area contributed by atoms with Crippen molar-refractivity contribution in [1.82, 2.24) is 10.6 Å². The van der Waals surface area contributed by atoms with Crippen LogP contribution >= 0.6 is 46.4 Å². The van der Waals surface area contributed by atoms with Crippen molar-refractivity contribution in [1.29, 1.82) is 0 Å². The van der Waals surface area contributed by atoms with Crippen LogP contribution in [0.3, 0.4) is 0 Å². The third-order valence-corrected chi connectivity index (χ3v) is 3.51. The summed E-state index contributed by atoms with van der Waals surface area (Å²) in [4.78, 5) is 20.9. The molecule has 10 heteroatoms. The van der Waals surface area contributed by atoms with Gasteiger partial charge in [-0.15, -0.1) is 0 Å². The van der Waals surface area contributed by atoms with Gasteiger partial charge in [-0.2, -0.15) is 0 Å². The second-order valence-corrected chi connectivity index (χ2v) is 6.35. The second-order valence-electron chi connectivity index (χ2n) is 4.16. The molecule has 0 saturated carbocycles. The molecule has 0 spiro atoms. The number of methoxy groups -OCH3 is 2. The monoisotopic (exact) mass is 402 g/mol. The van der Waals surface area contributed by atoms with Gasteiger partial charge in [-0.25, -0.2) is 0 Å². The molecule has 0 aliphatic heterocycles. The van der Waals surface area contributed by atoms with E-state index in [2.05, 4.69) is 10.6 Å². The Bertz CT molecular complexity index is 547. The molecule has 0 atom stereocenters. The fourth-order valence-electron chi connectivity index (χ4n) is 1.67. The molecule has 0 radical (unpaired) electrons. The SMILES string of the molecule is COc1ccc(OC)c(C(NC(=O)C(Cl)Cl)NC(=O)C(Cl)Cl)c1. The van der Waals surface area contributed by atoms with Crippen LogP contribution in [0, 0.1) is 0 Å². The van der Waals surface area contributed by atoms with Crippen LogP contribution in [0.15, 0.2) is 18.2 Å². The minimum absolute atomic E-state index is 0.387. The second kappa shape index (κ2) is 9.27. The number of alkyl halides is 4. The number of amides is 2. The summed E-state index contributed by atoms with van der Waals surface area (Å²) in [5.74, 6) is -0.568. The van der Waals surface area contributed by atoms with Crippen molar-refractivity contribution in [3.05, 3.63) is 23.8 Å². The van der Waals surface area contributed by atoms with E-state index in [1.54, 1.807) is 18.2 Å². The fourth-order valence-corrected chi connectivity index (χ4v) is 1.92. The molecule has 1 aromatic rings. The molecule has 0 heterocycles. The van der Waals surface area contributed by atoms with E-state index in [0.717, 1.165) is 0 Å². The lowest BCUT2D eigenvalue weighted by Crippen LogP contribution is -2.44. The molecule has 6 nitrogen and oxygen atoms in total. The van der Waals surface area contributed by atoms with Gasteiger partial charge in [0.05, 0.1) is 14.2 Å². The molecule has 0 aliphatic rings. The third kappa shape index (κ3) is 5.80. The van der Waals surface area contributed by atoms with Crippen LogP contribution in [0.2, 0.25) is 0 Å². The van der Waals surface area contributed by atoms with Crippen LogP contribution < -0.4 is 20.1 Å². The summed E-state index contributed by atoms with van der Waals surface area (Å²) in [6.45, 7) is 0. The van der Waals surface area contributed by atoms with E-state index in [9.17, 15) is 9.59 Å². The average molecular weight is 404 g/mol. The molecule has 1 rings (SSSR count). The van der Waals surface area contributed by atoms with Gasteiger partial charge >= 0.3 is 0 Å². The first-order valence-electron chi connectivity index (χ1n) is 6.19. The van der Waals surface area contributed by atoms with Crippen LogP contribution in [0.4, 0.5) is 0 Å². The van der Waals surface area contributed by atoms with Gasteiger partial charge in [-0.3, -0.25) is 9.59 Å². The Labute approximate surface area is 153 Å². The largest absolute Gasteiger partial charge is 0.497 e. The van der Waals surface area contributed by atoms with Crippen LogP contribution in [0.5, 0.6) is 11.5 Å². The maximum atomic E-state index is 11.8. The van der Waals surface area contributed by atoms with E-state index in [4.69, 9.17) is 55.9 Å². The van der Waals surface area contributed by atoms with Crippen molar-refractivity contribution in [2.24, 2.45) is 0 Å². The Morgan fingerprint density at radius 3 is 1.87 bits per heavy atom. The van der Waals surface area contributed by atoms with E-state index in [0.29, 0.717) is 17.1 Å². The first-order chi connectivity index (χ1) is 10.8. The molecular weight excluding hydrogens is 390 g/mol. The van der Waals surface area contributed by atoms with Crippen LogP contribution in [-0.2, 0) is 9.59 Å². The van der Waals surface area contributed by atoms with Gasteiger partial charge in [0.25, 0.3) is 11.8 Å². The first-order valence-corrected chi connectivity index (χ1v) is 7.93. The number of carbonyl (C=O) groups is 2. The van der Waals surface area contributed by atoms with Crippen LogP contribution in [0.25, 0.3) is 0 Å². The topological polar surface area (TPSA) is 76.7 Å². The summed E-state index contributed by atoms with van der Waals surface area (Å²) in [6, 6.07) is 4.83. The minimum Gasteiger partial charge on any atom is -0.497 e. The van der Waals surface area contributed by atoms with Gasteiger partial charge < -0.3 is 20.1 Å². The number of halogens is 4. The quantitative estimate of drug-likeness (QED) is 0.541. The molecule has 0 fully saturated rings. The number of hydrogen-bond acceptors (Lipinski definition) is 4. The zero-order valence-corrected chi connectivity index (χ0v) is 15.1. The highest BCUT2D eigenvalue weighted by atomic mass is 35.5. The summed E-state index contributed by atoms with van der Waals surface area (Å²) in [5, 5.41) is 4.91. The van der Waals surface area contributed by atoms with E-state index in [1.807, 2.05) is 0 Å². The summed E-state index contributed by atoms with van der Waals surface area (Å²) in [7, 11) is 2.91. The normalized spacial score (nSPS) is 10.8. The fraction of sp³-hybridized carbons (Fsp3) is 0.385. The zero-order valence-electron chi connectivity index (χ0n) is 12.1. The third-order valence-electron chi connectivity index (χ3n) is 2.72. The molecule has 0 aromatic heterocycles. The first kappa shape index (κ1) is 20.0. The summed E-state index contributed by atoms with van der Waals surface area (Å²) < 4.78 is 10.3. The molecule has 1 aromatic carbocycles.